The second-order valence-corrected chi connectivity index (χ2v) is 5.89. The first-order valence-corrected chi connectivity index (χ1v) is 8.25. The predicted molar refractivity (Wildman–Crippen MR) is 94.8 cm³/mol. The minimum atomic E-state index is 0.0456. The molecule has 1 aliphatic heterocycles. The standard InChI is InChI=1S/C19H19N3O2/c23-18-16-9-4-5-10-17(16)20-19-21(11-6-12-22(18)19)13-14-24-15-7-2-1-3-8-15/h1-5,7-10H,6,11-14H2. The van der Waals surface area contributed by atoms with Gasteiger partial charge in [0, 0.05) is 13.1 Å². The number of nitrogens with zero attached hydrogens (tertiary/aromatic N) is 3. The van der Waals surface area contributed by atoms with E-state index in [4.69, 9.17) is 9.72 Å². The summed E-state index contributed by atoms with van der Waals surface area (Å²) < 4.78 is 7.57. The molecule has 0 N–H and O–H groups in total. The first-order chi connectivity index (χ1) is 11.8. The fourth-order valence-electron chi connectivity index (χ4n) is 3.12. The van der Waals surface area contributed by atoms with E-state index < -0.39 is 0 Å². The fourth-order valence-corrected chi connectivity index (χ4v) is 3.12. The Labute approximate surface area is 140 Å². The number of para-hydroxylation sites is 2. The molecule has 0 saturated heterocycles. The van der Waals surface area contributed by atoms with Crippen LogP contribution in [-0.2, 0) is 6.54 Å². The van der Waals surface area contributed by atoms with Gasteiger partial charge in [-0.05, 0) is 30.7 Å². The van der Waals surface area contributed by atoms with Crippen molar-refractivity contribution in [2.75, 3.05) is 24.6 Å². The number of rotatable bonds is 4. The van der Waals surface area contributed by atoms with Gasteiger partial charge in [0.25, 0.3) is 5.56 Å². The van der Waals surface area contributed by atoms with E-state index in [9.17, 15) is 4.79 Å². The fraction of sp³-hybridized carbons (Fsp3) is 0.263. The monoisotopic (exact) mass is 321 g/mol. The molecule has 3 aromatic rings. The van der Waals surface area contributed by atoms with Crippen LogP contribution < -0.4 is 15.2 Å². The lowest BCUT2D eigenvalue weighted by molar-refractivity contribution is 0.319. The first kappa shape index (κ1) is 14.8. The van der Waals surface area contributed by atoms with Gasteiger partial charge in [0.2, 0.25) is 5.95 Å². The third kappa shape index (κ3) is 2.73. The lowest BCUT2D eigenvalue weighted by Gasteiger charge is -2.30. The zero-order chi connectivity index (χ0) is 16.4. The molecule has 0 radical (unpaired) electrons. The zero-order valence-electron chi connectivity index (χ0n) is 13.4. The molecular formula is C19H19N3O2. The van der Waals surface area contributed by atoms with Gasteiger partial charge in [0.05, 0.1) is 17.4 Å². The Morgan fingerprint density at radius 1 is 1.00 bits per heavy atom. The molecule has 0 amide bonds. The molecule has 2 aromatic carbocycles. The number of aromatic nitrogens is 2. The molecule has 24 heavy (non-hydrogen) atoms. The van der Waals surface area contributed by atoms with Gasteiger partial charge in [0.15, 0.2) is 0 Å². The van der Waals surface area contributed by atoms with Crippen molar-refractivity contribution in [3.63, 3.8) is 0 Å². The van der Waals surface area contributed by atoms with Gasteiger partial charge < -0.3 is 9.64 Å². The van der Waals surface area contributed by atoms with Gasteiger partial charge in [-0.15, -0.1) is 0 Å². The van der Waals surface area contributed by atoms with Crippen LogP contribution in [0, 0.1) is 0 Å². The van der Waals surface area contributed by atoms with E-state index >= 15 is 0 Å². The number of benzene rings is 2. The maximum absolute atomic E-state index is 12.7. The van der Waals surface area contributed by atoms with Crippen LogP contribution in [0.5, 0.6) is 5.75 Å². The molecule has 4 rings (SSSR count). The van der Waals surface area contributed by atoms with Crippen molar-refractivity contribution < 1.29 is 4.74 Å². The van der Waals surface area contributed by atoms with E-state index in [0.717, 1.165) is 36.7 Å². The maximum Gasteiger partial charge on any atom is 0.262 e. The van der Waals surface area contributed by atoms with Crippen LogP contribution in [0.15, 0.2) is 59.4 Å². The van der Waals surface area contributed by atoms with Crippen LogP contribution in [-0.4, -0.2) is 29.2 Å². The van der Waals surface area contributed by atoms with Crippen molar-refractivity contribution in [2.24, 2.45) is 0 Å². The van der Waals surface area contributed by atoms with Gasteiger partial charge in [-0.3, -0.25) is 9.36 Å². The van der Waals surface area contributed by atoms with Crippen molar-refractivity contribution >= 4 is 16.9 Å². The molecule has 0 fully saturated rings. The highest BCUT2D eigenvalue weighted by molar-refractivity contribution is 5.78. The summed E-state index contributed by atoms with van der Waals surface area (Å²) in [4.78, 5) is 19.5. The number of ether oxygens (including phenoxy) is 1. The Morgan fingerprint density at radius 3 is 2.67 bits per heavy atom. The predicted octanol–water partition coefficient (Wildman–Crippen LogP) is 2.69. The summed E-state index contributed by atoms with van der Waals surface area (Å²) >= 11 is 0. The Balaban J connectivity index is 1.58. The third-order valence-corrected chi connectivity index (χ3v) is 4.31. The van der Waals surface area contributed by atoms with E-state index in [1.807, 2.05) is 54.6 Å². The van der Waals surface area contributed by atoms with Gasteiger partial charge in [-0.2, -0.15) is 0 Å². The first-order valence-electron chi connectivity index (χ1n) is 8.25. The Bertz CT molecular complexity index is 905. The largest absolute Gasteiger partial charge is 0.492 e. The van der Waals surface area contributed by atoms with Crippen LogP contribution in [0.25, 0.3) is 10.9 Å². The van der Waals surface area contributed by atoms with Crippen molar-refractivity contribution in [1.82, 2.24) is 9.55 Å². The van der Waals surface area contributed by atoms with Crippen LogP contribution in [0.1, 0.15) is 6.42 Å². The molecule has 5 nitrogen and oxygen atoms in total. The lowest BCUT2D eigenvalue weighted by Crippen LogP contribution is -2.40. The van der Waals surface area contributed by atoms with E-state index in [0.29, 0.717) is 18.5 Å². The Hall–Kier alpha value is -2.82. The number of hydrogen-bond donors (Lipinski definition) is 0. The van der Waals surface area contributed by atoms with Crippen LogP contribution >= 0.6 is 0 Å². The van der Waals surface area contributed by atoms with E-state index in [1.165, 1.54) is 0 Å². The summed E-state index contributed by atoms with van der Waals surface area (Å²) in [5, 5.41) is 0.684. The van der Waals surface area contributed by atoms with Gasteiger partial charge in [0.1, 0.15) is 12.4 Å². The summed E-state index contributed by atoms with van der Waals surface area (Å²) in [6, 6.07) is 17.3. The molecule has 1 aliphatic rings. The van der Waals surface area contributed by atoms with Crippen LogP contribution in [0.3, 0.4) is 0 Å². The summed E-state index contributed by atoms with van der Waals surface area (Å²) in [6.45, 7) is 2.89. The minimum Gasteiger partial charge on any atom is -0.492 e. The Kier molecular flexibility index (Phi) is 3.91. The second kappa shape index (κ2) is 6.35. The second-order valence-electron chi connectivity index (χ2n) is 5.89. The topological polar surface area (TPSA) is 47.4 Å². The van der Waals surface area contributed by atoms with Crippen molar-refractivity contribution in [3.8, 4) is 5.75 Å². The highest BCUT2D eigenvalue weighted by atomic mass is 16.5. The molecule has 0 bridgehead atoms. The van der Waals surface area contributed by atoms with Crippen LogP contribution in [0.4, 0.5) is 5.95 Å². The van der Waals surface area contributed by atoms with E-state index in [2.05, 4.69) is 4.90 Å². The van der Waals surface area contributed by atoms with Crippen molar-refractivity contribution in [2.45, 2.75) is 13.0 Å². The van der Waals surface area contributed by atoms with Crippen molar-refractivity contribution in [1.29, 1.82) is 0 Å². The number of fused-ring (bicyclic) bond motifs is 2. The van der Waals surface area contributed by atoms with E-state index in [1.54, 1.807) is 4.57 Å². The molecule has 0 saturated carbocycles. The van der Waals surface area contributed by atoms with Gasteiger partial charge in [-0.1, -0.05) is 30.3 Å². The number of hydrogen-bond acceptors (Lipinski definition) is 4. The summed E-state index contributed by atoms with van der Waals surface area (Å²) in [5.74, 6) is 1.61. The lowest BCUT2D eigenvalue weighted by atomic mass is 10.2. The van der Waals surface area contributed by atoms with Gasteiger partial charge >= 0.3 is 0 Å². The van der Waals surface area contributed by atoms with Crippen molar-refractivity contribution in [3.05, 3.63) is 65.0 Å². The highest BCUT2D eigenvalue weighted by Crippen LogP contribution is 2.19. The molecule has 0 unspecified atom stereocenters. The highest BCUT2D eigenvalue weighted by Gasteiger charge is 2.20. The maximum atomic E-state index is 12.7. The summed E-state index contributed by atoms with van der Waals surface area (Å²) in [5.41, 5.74) is 0.800. The summed E-state index contributed by atoms with van der Waals surface area (Å²) in [7, 11) is 0. The average Bonchev–Trinajstić information content (AvgIpc) is 2.63. The Morgan fingerprint density at radius 2 is 1.79 bits per heavy atom. The minimum absolute atomic E-state index is 0.0456. The molecular weight excluding hydrogens is 302 g/mol. The average molecular weight is 321 g/mol. The molecule has 1 aromatic heterocycles. The summed E-state index contributed by atoms with van der Waals surface area (Å²) in [6.07, 6.45) is 0.943. The molecule has 2 heterocycles. The quantitative estimate of drug-likeness (QED) is 0.741. The smallest absolute Gasteiger partial charge is 0.262 e. The number of anilines is 1. The normalized spacial score (nSPS) is 13.8. The van der Waals surface area contributed by atoms with Crippen LogP contribution in [0.2, 0.25) is 0 Å². The zero-order valence-corrected chi connectivity index (χ0v) is 13.4. The molecule has 0 spiro atoms. The SMILES string of the molecule is O=c1c2ccccc2nc2n1CCCN2CCOc1ccccc1. The molecule has 122 valence electrons. The molecule has 0 atom stereocenters. The van der Waals surface area contributed by atoms with E-state index in [-0.39, 0.29) is 5.56 Å². The van der Waals surface area contributed by atoms with Gasteiger partial charge in [-0.25, -0.2) is 4.98 Å². The third-order valence-electron chi connectivity index (χ3n) is 4.31. The molecule has 0 aliphatic carbocycles. The molecule has 5 heteroatoms.